The Morgan fingerprint density at radius 3 is 2.72 bits per heavy atom. The van der Waals surface area contributed by atoms with Crippen molar-refractivity contribution in [2.24, 2.45) is 0 Å². The second-order valence-electron chi connectivity index (χ2n) is 7.42. The Hall–Kier alpha value is -2.66. The van der Waals surface area contributed by atoms with Gasteiger partial charge in [0.25, 0.3) is 10.0 Å². The highest BCUT2D eigenvalue weighted by atomic mass is 32.2. The van der Waals surface area contributed by atoms with Gasteiger partial charge in [-0.25, -0.2) is 13.4 Å². The molecule has 32 heavy (non-hydrogen) atoms. The molecule has 0 bridgehead atoms. The largest absolute Gasteiger partial charge is 0.281 e. The third-order valence-corrected chi connectivity index (χ3v) is 9.71. The third-order valence-electron chi connectivity index (χ3n) is 5.37. The van der Waals surface area contributed by atoms with Crippen LogP contribution in [-0.2, 0) is 21.4 Å². The number of para-hydroxylation sites is 1. The number of pyridine rings is 1. The fraction of sp³-hybridized carbons (Fsp3) is 0.227. The minimum atomic E-state index is -3.73. The van der Waals surface area contributed by atoms with Crippen LogP contribution in [0.25, 0.3) is 10.2 Å². The molecule has 10 heteroatoms. The van der Waals surface area contributed by atoms with Crippen molar-refractivity contribution in [2.75, 3.05) is 11.4 Å². The first-order valence-corrected chi connectivity index (χ1v) is 13.3. The van der Waals surface area contributed by atoms with E-state index in [-0.39, 0.29) is 16.7 Å². The van der Waals surface area contributed by atoms with Crippen LogP contribution in [0.4, 0.5) is 5.13 Å². The average Bonchev–Trinajstić information content (AvgIpc) is 3.57. The zero-order valence-electron chi connectivity index (χ0n) is 17.0. The minimum absolute atomic E-state index is 0.225. The Bertz CT molecular complexity index is 1300. The number of nitrogens with zero attached hydrogens (tertiary/aromatic N) is 4. The van der Waals surface area contributed by atoms with Crippen molar-refractivity contribution in [2.45, 2.75) is 29.6 Å². The maximum absolute atomic E-state index is 13.8. The standard InChI is InChI=1S/C22H20N4O3S3/c27-21(18-9-5-13-26(18)32(28,29)20-11-6-14-30-20)25(15-16-7-3-4-12-23-16)22-24-17-8-1-2-10-19(17)31-22/h1-4,6-8,10-12,14,18H,5,9,13,15H2/t18-/m0/s1. The molecule has 1 aliphatic rings. The number of carbonyl (C=O) groups is 1. The summed E-state index contributed by atoms with van der Waals surface area (Å²) in [6.07, 6.45) is 2.80. The normalized spacial score (nSPS) is 17.1. The molecule has 0 unspecified atom stereocenters. The fourth-order valence-corrected chi connectivity index (χ4v) is 7.59. The first-order valence-electron chi connectivity index (χ1n) is 10.2. The number of benzene rings is 1. The van der Waals surface area contributed by atoms with Crippen molar-refractivity contribution >= 4 is 54.0 Å². The maximum Gasteiger partial charge on any atom is 0.253 e. The first-order chi connectivity index (χ1) is 15.5. The Kier molecular flexibility index (Phi) is 5.76. The van der Waals surface area contributed by atoms with E-state index in [2.05, 4.69) is 9.97 Å². The molecule has 0 N–H and O–H groups in total. The van der Waals surface area contributed by atoms with Gasteiger partial charge in [-0.2, -0.15) is 4.31 Å². The van der Waals surface area contributed by atoms with Crippen LogP contribution in [0.5, 0.6) is 0 Å². The van der Waals surface area contributed by atoms with Gasteiger partial charge in [0.2, 0.25) is 5.91 Å². The summed E-state index contributed by atoms with van der Waals surface area (Å²) in [5.41, 5.74) is 1.52. The van der Waals surface area contributed by atoms with E-state index in [0.29, 0.717) is 30.2 Å². The lowest BCUT2D eigenvalue weighted by molar-refractivity contribution is -0.121. The lowest BCUT2D eigenvalue weighted by atomic mass is 10.2. The number of anilines is 1. The predicted molar refractivity (Wildman–Crippen MR) is 126 cm³/mol. The highest BCUT2D eigenvalue weighted by Crippen LogP contribution is 2.34. The number of hydrogen-bond acceptors (Lipinski definition) is 7. The molecule has 1 aliphatic heterocycles. The van der Waals surface area contributed by atoms with Crippen molar-refractivity contribution in [3.05, 3.63) is 71.9 Å². The molecule has 1 saturated heterocycles. The zero-order chi connectivity index (χ0) is 22.1. The number of hydrogen-bond donors (Lipinski definition) is 0. The number of aromatic nitrogens is 2. The van der Waals surface area contributed by atoms with Crippen LogP contribution in [0, 0.1) is 0 Å². The summed E-state index contributed by atoms with van der Waals surface area (Å²) in [5.74, 6) is -0.271. The van der Waals surface area contributed by atoms with Crippen molar-refractivity contribution in [3.63, 3.8) is 0 Å². The van der Waals surface area contributed by atoms with Crippen LogP contribution in [0.2, 0.25) is 0 Å². The monoisotopic (exact) mass is 484 g/mol. The molecule has 7 nitrogen and oxygen atoms in total. The average molecular weight is 485 g/mol. The van der Waals surface area contributed by atoms with Gasteiger partial charge in [0, 0.05) is 12.7 Å². The van der Waals surface area contributed by atoms with E-state index >= 15 is 0 Å². The van der Waals surface area contributed by atoms with E-state index in [0.717, 1.165) is 10.2 Å². The first kappa shape index (κ1) is 21.2. The highest BCUT2D eigenvalue weighted by molar-refractivity contribution is 7.91. The molecule has 1 amide bonds. The predicted octanol–water partition coefficient (Wildman–Crippen LogP) is 4.14. The van der Waals surface area contributed by atoms with Crippen molar-refractivity contribution in [1.29, 1.82) is 0 Å². The van der Waals surface area contributed by atoms with Gasteiger partial charge in [-0.1, -0.05) is 35.6 Å². The van der Waals surface area contributed by atoms with E-state index in [1.165, 1.54) is 27.0 Å². The Labute approximate surface area is 194 Å². The Balaban J connectivity index is 1.52. The van der Waals surface area contributed by atoms with Crippen molar-refractivity contribution in [1.82, 2.24) is 14.3 Å². The van der Waals surface area contributed by atoms with E-state index in [9.17, 15) is 13.2 Å². The smallest absolute Gasteiger partial charge is 0.253 e. The number of thiophene rings is 1. The Morgan fingerprint density at radius 1 is 1.12 bits per heavy atom. The summed E-state index contributed by atoms with van der Waals surface area (Å²) in [4.78, 5) is 24.4. The zero-order valence-corrected chi connectivity index (χ0v) is 19.4. The molecule has 5 rings (SSSR count). The SMILES string of the molecule is O=C([C@@H]1CCCN1S(=O)(=O)c1cccs1)N(Cc1ccccn1)c1nc2ccccc2s1. The summed E-state index contributed by atoms with van der Waals surface area (Å²) in [6, 6.07) is 15.8. The third kappa shape index (κ3) is 3.95. The van der Waals surface area contributed by atoms with Gasteiger partial charge < -0.3 is 0 Å². The number of thiazole rings is 1. The molecule has 1 atom stereocenters. The lowest BCUT2D eigenvalue weighted by Crippen LogP contribution is -2.47. The molecule has 1 aromatic carbocycles. The molecule has 0 radical (unpaired) electrons. The van der Waals surface area contributed by atoms with Gasteiger partial charge in [0.1, 0.15) is 10.3 Å². The van der Waals surface area contributed by atoms with Gasteiger partial charge in [-0.05, 0) is 48.6 Å². The van der Waals surface area contributed by atoms with E-state index in [1.807, 2.05) is 42.5 Å². The molecule has 4 aromatic rings. The number of amides is 1. The van der Waals surface area contributed by atoms with Gasteiger partial charge >= 0.3 is 0 Å². The Morgan fingerprint density at radius 2 is 1.97 bits per heavy atom. The number of rotatable bonds is 6. The number of carbonyl (C=O) groups excluding carboxylic acids is 1. The van der Waals surface area contributed by atoms with Gasteiger partial charge in [0.15, 0.2) is 5.13 Å². The highest BCUT2D eigenvalue weighted by Gasteiger charge is 2.42. The van der Waals surface area contributed by atoms with Crippen LogP contribution < -0.4 is 4.90 Å². The summed E-state index contributed by atoms with van der Waals surface area (Å²) in [6.45, 7) is 0.552. The van der Waals surface area contributed by atoms with Crippen LogP contribution in [-0.4, -0.2) is 41.2 Å². The quantitative estimate of drug-likeness (QED) is 0.411. The molecule has 3 aromatic heterocycles. The van der Waals surface area contributed by atoms with Gasteiger partial charge in [-0.15, -0.1) is 11.3 Å². The van der Waals surface area contributed by atoms with Crippen LogP contribution in [0.1, 0.15) is 18.5 Å². The molecule has 164 valence electrons. The second-order valence-corrected chi connectivity index (χ2v) is 11.5. The molecular weight excluding hydrogens is 464 g/mol. The maximum atomic E-state index is 13.8. The molecule has 0 saturated carbocycles. The summed E-state index contributed by atoms with van der Waals surface area (Å²) in [7, 11) is -3.73. The summed E-state index contributed by atoms with van der Waals surface area (Å²) >= 11 is 2.58. The van der Waals surface area contributed by atoms with E-state index in [1.54, 1.807) is 28.6 Å². The van der Waals surface area contributed by atoms with Crippen molar-refractivity contribution < 1.29 is 13.2 Å². The second kappa shape index (κ2) is 8.70. The number of fused-ring (bicyclic) bond motifs is 1. The van der Waals surface area contributed by atoms with Gasteiger partial charge in [-0.3, -0.25) is 14.7 Å². The van der Waals surface area contributed by atoms with E-state index in [4.69, 9.17) is 0 Å². The molecule has 0 aliphatic carbocycles. The lowest BCUT2D eigenvalue weighted by Gasteiger charge is -2.28. The molecule has 4 heterocycles. The topological polar surface area (TPSA) is 83.5 Å². The number of sulfonamides is 1. The fourth-order valence-electron chi connectivity index (χ4n) is 3.85. The molecular formula is C22H20N4O3S3. The van der Waals surface area contributed by atoms with Crippen LogP contribution in [0.3, 0.4) is 0 Å². The van der Waals surface area contributed by atoms with Gasteiger partial charge in [0.05, 0.1) is 22.5 Å². The van der Waals surface area contributed by atoms with E-state index < -0.39 is 16.1 Å². The van der Waals surface area contributed by atoms with Crippen LogP contribution in [0.15, 0.2) is 70.4 Å². The molecule has 0 spiro atoms. The molecule has 1 fully saturated rings. The van der Waals surface area contributed by atoms with Crippen molar-refractivity contribution in [3.8, 4) is 0 Å². The minimum Gasteiger partial charge on any atom is -0.281 e. The summed E-state index contributed by atoms with van der Waals surface area (Å²) < 4.78 is 29.0. The summed E-state index contributed by atoms with van der Waals surface area (Å²) in [5, 5.41) is 2.27. The van der Waals surface area contributed by atoms with Crippen LogP contribution >= 0.6 is 22.7 Å².